The average molecular weight is 303 g/mol. The SMILES string of the molecule is Brc1ccc(C2CC(c3ccccc3)NN2)cc1. The molecule has 0 aliphatic carbocycles. The highest BCUT2D eigenvalue weighted by atomic mass is 79.9. The van der Waals surface area contributed by atoms with E-state index in [4.69, 9.17) is 0 Å². The van der Waals surface area contributed by atoms with Crippen molar-refractivity contribution in [3.63, 3.8) is 0 Å². The Bertz CT molecular complexity index is 510. The fourth-order valence-corrected chi connectivity index (χ4v) is 2.64. The number of benzene rings is 2. The van der Waals surface area contributed by atoms with Crippen molar-refractivity contribution in [1.29, 1.82) is 0 Å². The topological polar surface area (TPSA) is 24.1 Å². The second-order valence-electron chi connectivity index (χ2n) is 4.59. The first kappa shape index (κ1) is 11.9. The van der Waals surface area contributed by atoms with E-state index in [2.05, 4.69) is 81.4 Å². The molecule has 3 rings (SSSR count). The highest BCUT2D eigenvalue weighted by molar-refractivity contribution is 9.10. The summed E-state index contributed by atoms with van der Waals surface area (Å²) < 4.78 is 1.12. The van der Waals surface area contributed by atoms with E-state index in [1.807, 2.05) is 0 Å². The minimum Gasteiger partial charge on any atom is -0.250 e. The maximum atomic E-state index is 3.47. The number of hydrazine groups is 1. The van der Waals surface area contributed by atoms with Crippen LogP contribution >= 0.6 is 15.9 Å². The summed E-state index contributed by atoms with van der Waals surface area (Å²) in [6, 6.07) is 19.8. The normalized spacial score (nSPS) is 23.2. The van der Waals surface area contributed by atoms with E-state index in [9.17, 15) is 0 Å². The monoisotopic (exact) mass is 302 g/mol. The molecule has 2 aromatic carbocycles. The van der Waals surface area contributed by atoms with Gasteiger partial charge in [-0.3, -0.25) is 0 Å². The summed E-state index contributed by atoms with van der Waals surface area (Å²) in [5.74, 6) is 0. The van der Waals surface area contributed by atoms with Gasteiger partial charge in [0.25, 0.3) is 0 Å². The van der Waals surface area contributed by atoms with Crippen molar-refractivity contribution in [2.75, 3.05) is 0 Å². The van der Waals surface area contributed by atoms with Gasteiger partial charge < -0.3 is 0 Å². The number of rotatable bonds is 2. The molecule has 1 fully saturated rings. The molecule has 0 aromatic heterocycles. The Morgan fingerprint density at radius 2 is 1.33 bits per heavy atom. The zero-order valence-corrected chi connectivity index (χ0v) is 11.5. The van der Waals surface area contributed by atoms with Gasteiger partial charge >= 0.3 is 0 Å². The van der Waals surface area contributed by atoms with E-state index in [-0.39, 0.29) is 0 Å². The maximum absolute atomic E-state index is 3.47. The number of halogens is 1. The van der Waals surface area contributed by atoms with Gasteiger partial charge in [0.2, 0.25) is 0 Å². The standard InChI is InChI=1S/C15H15BrN2/c16-13-8-6-12(7-9-13)15-10-14(17-18-15)11-4-2-1-3-5-11/h1-9,14-15,17-18H,10H2. The summed E-state index contributed by atoms with van der Waals surface area (Å²) in [6.45, 7) is 0. The molecule has 0 spiro atoms. The Kier molecular flexibility index (Phi) is 3.46. The van der Waals surface area contributed by atoms with Crippen molar-refractivity contribution in [2.24, 2.45) is 0 Å². The van der Waals surface area contributed by atoms with Crippen LogP contribution in [0.15, 0.2) is 59.1 Å². The Morgan fingerprint density at radius 3 is 1.94 bits per heavy atom. The van der Waals surface area contributed by atoms with Gasteiger partial charge in [-0.25, -0.2) is 10.9 Å². The molecule has 2 atom stereocenters. The van der Waals surface area contributed by atoms with Crippen LogP contribution in [0.4, 0.5) is 0 Å². The van der Waals surface area contributed by atoms with Crippen LogP contribution in [0.2, 0.25) is 0 Å². The lowest BCUT2D eigenvalue weighted by Crippen LogP contribution is -2.26. The van der Waals surface area contributed by atoms with Gasteiger partial charge in [-0.15, -0.1) is 0 Å². The molecule has 2 unspecified atom stereocenters. The Morgan fingerprint density at radius 1 is 0.778 bits per heavy atom. The zero-order chi connectivity index (χ0) is 12.4. The lowest BCUT2D eigenvalue weighted by molar-refractivity contribution is 0.555. The zero-order valence-electron chi connectivity index (χ0n) is 9.94. The van der Waals surface area contributed by atoms with Crippen molar-refractivity contribution in [3.8, 4) is 0 Å². The summed E-state index contributed by atoms with van der Waals surface area (Å²) in [5, 5.41) is 0. The van der Waals surface area contributed by atoms with Crippen LogP contribution in [0.25, 0.3) is 0 Å². The minimum atomic E-state index is 0.378. The van der Waals surface area contributed by atoms with Crippen LogP contribution in [0.3, 0.4) is 0 Å². The Labute approximate surface area is 116 Å². The van der Waals surface area contributed by atoms with Crippen LogP contribution in [-0.2, 0) is 0 Å². The highest BCUT2D eigenvalue weighted by Gasteiger charge is 2.25. The second-order valence-corrected chi connectivity index (χ2v) is 5.51. The van der Waals surface area contributed by atoms with Crippen LogP contribution < -0.4 is 10.9 Å². The van der Waals surface area contributed by atoms with E-state index in [1.54, 1.807) is 0 Å². The highest BCUT2D eigenvalue weighted by Crippen LogP contribution is 2.30. The summed E-state index contributed by atoms with van der Waals surface area (Å²) in [4.78, 5) is 0. The fraction of sp³-hybridized carbons (Fsp3) is 0.200. The second kappa shape index (κ2) is 5.22. The molecule has 1 heterocycles. The van der Waals surface area contributed by atoms with Crippen molar-refractivity contribution >= 4 is 15.9 Å². The lowest BCUT2D eigenvalue weighted by Gasteiger charge is -2.10. The third-order valence-corrected chi connectivity index (χ3v) is 3.91. The summed E-state index contributed by atoms with van der Waals surface area (Å²) in [5.41, 5.74) is 9.41. The third kappa shape index (κ3) is 2.48. The first-order chi connectivity index (χ1) is 8.83. The summed E-state index contributed by atoms with van der Waals surface area (Å²) in [7, 11) is 0. The largest absolute Gasteiger partial charge is 0.250 e. The van der Waals surface area contributed by atoms with Crippen molar-refractivity contribution < 1.29 is 0 Å². The predicted molar refractivity (Wildman–Crippen MR) is 77.0 cm³/mol. The van der Waals surface area contributed by atoms with Gasteiger partial charge in [-0.1, -0.05) is 58.4 Å². The lowest BCUT2D eigenvalue weighted by atomic mass is 9.98. The molecule has 0 radical (unpaired) electrons. The molecular weight excluding hydrogens is 288 g/mol. The van der Waals surface area contributed by atoms with Crippen LogP contribution in [0.5, 0.6) is 0 Å². The van der Waals surface area contributed by atoms with Crippen LogP contribution in [0.1, 0.15) is 29.6 Å². The van der Waals surface area contributed by atoms with E-state index in [1.165, 1.54) is 11.1 Å². The third-order valence-electron chi connectivity index (χ3n) is 3.38. The quantitative estimate of drug-likeness (QED) is 0.883. The fourth-order valence-electron chi connectivity index (χ4n) is 2.37. The average Bonchev–Trinajstić information content (AvgIpc) is 2.90. The number of nitrogens with one attached hydrogen (secondary N) is 2. The van der Waals surface area contributed by atoms with E-state index in [0.29, 0.717) is 12.1 Å². The minimum absolute atomic E-state index is 0.378. The molecule has 0 saturated carbocycles. The van der Waals surface area contributed by atoms with Crippen LogP contribution in [0, 0.1) is 0 Å². The molecule has 1 aliphatic rings. The van der Waals surface area contributed by atoms with Crippen molar-refractivity contribution in [3.05, 3.63) is 70.2 Å². The molecule has 2 aromatic rings. The van der Waals surface area contributed by atoms with E-state index < -0.39 is 0 Å². The molecule has 0 bridgehead atoms. The van der Waals surface area contributed by atoms with E-state index >= 15 is 0 Å². The van der Waals surface area contributed by atoms with Gasteiger partial charge in [0.1, 0.15) is 0 Å². The molecule has 1 aliphatic heterocycles. The molecule has 0 amide bonds. The number of hydrogen-bond acceptors (Lipinski definition) is 2. The predicted octanol–water partition coefficient (Wildman–Crippen LogP) is 3.73. The van der Waals surface area contributed by atoms with E-state index in [0.717, 1.165) is 10.9 Å². The number of hydrogen-bond donors (Lipinski definition) is 2. The van der Waals surface area contributed by atoms with Gasteiger partial charge in [0, 0.05) is 16.6 Å². The molecule has 3 heteroatoms. The molecule has 1 saturated heterocycles. The smallest absolute Gasteiger partial charge is 0.0481 e. The van der Waals surface area contributed by atoms with Crippen LogP contribution in [-0.4, -0.2) is 0 Å². The molecule has 92 valence electrons. The Balaban J connectivity index is 1.74. The van der Waals surface area contributed by atoms with Crippen molar-refractivity contribution in [1.82, 2.24) is 10.9 Å². The maximum Gasteiger partial charge on any atom is 0.0481 e. The Hall–Kier alpha value is -1.16. The first-order valence-corrected chi connectivity index (χ1v) is 6.94. The van der Waals surface area contributed by atoms with Gasteiger partial charge in [-0.2, -0.15) is 0 Å². The molecule has 2 N–H and O–H groups in total. The summed E-state index contributed by atoms with van der Waals surface area (Å²) in [6.07, 6.45) is 1.08. The van der Waals surface area contributed by atoms with Crippen molar-refractivity contribution in [2.45, 2.75) is 18.5 Å². The van der Waals surface area contributed by atoms with Gasteiger partial charge in [0.15, 0.2) is 0 Å². The summed E-state index contributed by atoms with van der Waals surface area (Å²) >= 11 is 3.47. The molecular formula is C15H15BrN2. The molecule has 18 heavy (non-hydrogen) atoms. The first-order valence-electron chi connectivity index (χ1n) is 6.14. The molecule has 2 nitrogen and oxygen atoms in total. The van der Waals surface area contributed by atoms with Gasteiger partial charge in [-0.05, 0) is 29.7 Å². The van der Waals surface area contributed by atoms with Gasteiger partial charge in [0.05, 0.1) is 0 Å².